The van der Waals surface area contributed by atoms with Gasteiger partial charge in [-0.2, -0.15) is 0 Å². The van der Waals surface area contributed by atoms with Crippen molar-refractivity contribution in [1.82, 2.24) is 5.32 Å². The fourth-order valence-electron chi connectivity index (χ4n) is 2.65. The van der Waals surface area contributed by atoms with Crippen LogP contribution in [0.4, 0.5) is 0 Å². The predicted molar refractivity (Wildman–Crippen MR) is 73.5 cm³/mol. The van der Waals surface area contributed by atoms with Crippen LogP contribution < -0.4 is 10.1 Å². The molecule has 0 aromatic heterocycles. The van der Waals surface area contributed by atoms with Crippen molar-refractivity contribution < 1.29 is 14.6 Å². The molecule has 0 atom stereocenters. The number of nitrogens with one attached hydrogen (secondary N) is 1. The zero-order valence-corrected chi connectivity index (χ0v) is 11.3. The molecule has 104 valence electrons. The number of hydrogen-bond acceptors (Lipinski definition) is 3. The molecule has 1 heterocycles. The number of hydrogen-bond donors (Lipinski definition) is 2. The fraction of sp³-hybridized carbons (Fsp3) is 0.533. The first-order chi connectivity index (χ1) is 9.16. The van der Waals surface area contributed by atoms with Gasteiger partial charge in [0.1, 0.15) is 5.75 Å². The van der Waals surface area contributed by atoms with E-state index in [4.69, 9.17) is 4.74 Å². The molecule has 1 aliphatic rings. The molecule has 0 saturated carbocycles. The molecule has 0 amide bonds. The molecule has 0 unspecified atom stereocenters. The zero-order chi connectivity index (χ0) is 13.7. The van der Waals surface area contributed by atoms with E-state index < -0.39 is 11.4 Å². The summed E-state index contributed by atoms with van der Waals surface area (Å²) in [7, 11) is 1.64. The van der Waals surface area contributed by atoms with Crippen LogP contribution in [0.2, 0.25) is 0 Å². The Balaban J connectivity index is 2.00. The molecule has 1 aliphatic heterocycles. The van der Waals surface area contributed by atoms with E-state index in [1.807, 2.05) is 24.3 Å². The summed E-state index contributed by atoms with van der Waals surface area (Å²) in [6.07, 6.45) is 2.95. The number of carboxylic acids is 1. The number of piperidine rings is 1. The summed E-state index contributed by atoms with van der Waals surface area (Å²) in [5, 5.41) is 12.7. The summed E-state index contributed by atoms with van der Waals surface area (Å²) in [6.45, 7) is 1.60. The Morgan fingerprint density at radius 3 is 2.47 bits per heavy atom. The van der Waals surface area contributed by atoms with Crippen molar-refractivity contribution in [1.29, 1.82) is 0 Å². The van der Waals surface area contributed by atoms with E-state index in [0.29, 0.717) is 6.42 Å². The molecular formula is C15H21NO3. The molecule has 1 aromatic rings. The second-order valence-electron chi connectivity index (χ2n) is 5.18. The lowest BCUT2D eigenvalue weighted by molar-refractivity contribution is -0.151. The first-order valence-corrected chi connectivity index (χ1v) is 6.73. The number of rotatable bonds is 5. The van der Waals surface area contributed by atoms with Crippen LogP contribution >= 0.6 is 0 Å². The maximum absolute atomic E-state index is 11.6. The van der Waals surface area contributed by atoms with E-state index >= 15 is 0 Å². The van der Waals surface area contributed by atoms with Crippen LogP contribution in [0.3, 0.4) is 0 Å². The smallest absolute Gasteiger partial charge is 0.309 e. The predicted octanol–water partition coefficient (Wildman–Crippen LogP) is 2.08. The molecule has 2 rings (SSSR count). The molecule has 4 nitrogen and oxygen atoms in total. The van der Waals surface area contributed by atoms with Gasteiger partial charge in [-0.1, -0.05) is 12.1 Å². The largest absolute Gasteiger partial charge is 0.497 e. The van der Waals surface area contributed by atoms with Crippen molar-refractivity contribution in [3.63, 3.8) is 0 Å². The average Bonchev–Trinajstić information content (AvgIpc) is 2.46. The van der Waals surface area contributed by atoms with Gasteiger partial charge in [0.05, 0.1) is 12.5 Å². The molecule has 1 fully saturated rings. The van der Waals surface area contributed by atoms with Crippen LogP contribution in [0.5, 0.6) is 5.75 Å². The number of benzene rings is 1. The van der Waals surface area contributed by atoms with E-state index in [2.05, 4.69) is 5.32 Å². The van der Waals surface area contributed by atoms with Crippen LogP contribution in [0.25, 0.3) is 0 Å². The van der Waals surface area contributed by atoms with E-state index in [0.717, 1.165) is 38.1 Å². The summed E-state index contributed by atoms with van der Waals surface area (Å²) in [5.41, 5.74) is 0.616. The standard InChI is InChI=1S/C15H21NO3/c1-19-13-4-2-12(3-5-13)6-7-15(14(17)18)8-10-16-11-9-15/h2-5,16H,6-11H2,1H3,(H,17,18). The average molecular weight is 263 g/mol. The van der Waals surface area contributed by atoms with Gasteiger partial charge >= 0.3 is 5.97 Å². The summed E-state index contributed by atoms with van der Waals surface area (Å²) >= 11 is 0. The second-order valence-corrected chi connectivity index (χ2v) is 5.18. The minimum Gasteiger partial charge on any atom is -0.497 e. The van der Waals surface area contributed by atoms with E-state index in [9.17, 15) is 9.90 Å². The van der Waals surface area contributed by atoms with Gasteiger partial charge in [-0.3, -0.25) is 4.79 Å². The van der Waals surface area contributed by atoms with E-state index in [1.54, 1.807) is 7.11 Å². The monoisotopic (exact) mass is 263 g/mol. The minimum absolute atomic E-state index is 0.550. The van der Waals surface area contributed by atoms with Gasteiger partial charge in [0.15, 0.2) is 0 Å². The third-order valence-electron chi connectivity index (χ3n) is 4.07. The van der Waals surface area contributed by atoms with Crippen molar-refractivity contribution in [2.24, 2.45) is 5.41 Å². The molecule has 0 aliphatic carbocycles. The minimum atomic E-state index is -0.650. The van der Waals surface area contributed by atoms with Gasteiger partial charge in [0.2, 0.25) is 0 Å². The van der Waals surface area contributed by atoms with Crippen LogP contribution in [0.1, 0.15) is 24.8 Å². The lowest BCUT2D eigenvalue weighted by atomic mass is 9.74. The first kappa shape index (κ1) is 13.9. The zero-order valence-electron chi connectivity index (χ0n) is 11.3. The molecule has 0 bridgehead atoms. The number of ether oxygens (including phenoxy) is 1. The third kappa shape index (κ3) is 3.26. The van der Waals surface area contributed by atoms with Gasteiger partial charge in [-0.05, 0) is 56.5 Å². The van der Waals surface area contributed by atoms with Crippen LogP contribution in [-0.4, -0.2) is 31.3 Å². The van der Waals surface area contributed by atoms with Gasteiger partial charge in [-0.15, -0.1) is 0 Å². The van der Waals surface area contributed by atoms with Crippen molar-refractivity contribution in [2.75, 3.05) is 20.2 Å². The lowest BCUT2D eigenvalue weighted by Crippen LogP contribution is -2.42. The second kappa shape index (κ2) is 6.06. The van der Waals surface area contributed by atoms with Crippen LogP contribution in [0, 0.1) is 5.41 Å². The lowest BCUT2D eigenvalue weighted by Gasteiger charge is -2.33. The molecule has 0 radical (unpaired) electrons. The van der Waals surface area contributed by atoms with Crippen LogP contribution in [0.15, 0.2) is 24.3 Å². The highest BCUT2D eigenvalue weighted by Gasteiger charge is 2.38. The normalized spacial score (nSPS) is 17.9. The van der Waals surface area contributed by atoms with Gasteiger partial charge in [0.25, 0.3) is 0 Å². The molecular weight excluding hydrogens is 242 g/mol. The van der Waals surface area contributed by atoms with Crippen molar-refractivity contribution in [2.45, 2.75) is 25.7 Å². The Labute approximate surface area is 113 Å². The SMILES string of the molecule is COc1ccc(CCC2(C(=O)O)CCNCC2)cc1. The number of carbonyl (C=O) groups is 1. The molecule has 4 heteroatoms. The highest BCUT2D eigenvalue weighted by atomic mass is 16.5. The van der Waals surface area contributed by atoms with Crippen molar-refractivity contribution >= 4 is 5.97 Å². The summed E-state index contributed by atoms with van der Waals surface area (Å²) in [6, 6.07) is 7.86. The summed E-state index contributed by atoms with van der Waals surface area (Å²) in [4.78, 5) is 11.6. The quantitative estimate of drug-likeness (QED) is 0.854. The fourth-order valence-corrected chi connectivity index (χ4v) is 2.65. The third-order valence-corrected chi connectivity index (χ3v) is 4.07. The highest BCUT2D eigenvalue weighted by molar-refractivity contribution is 5.74. The molecule has 1 aromatic carbocycles. The van der Waals surface area contributed by atoms with Gasteiger partial charge in [-0.25, -0.2) is 0 Å². The molecule has 0 spiro atoms. The van der Waals surface area contributed by atoms with Crippen molar-refractivity contribution in [3.05, 3.63) is 29.8 Å². The van der Waals surface area contributed by atoms with E-state index in [1.165, 1.54) is 5.56 Å². The number of aryl methyl sites for hydroxylation is 1. The Morgan fingerprint density at radius 2 is 1.95 bits per heavy atom. The van der Waals surface area contributed by atoms with Gasteiger partial charge < -0.3 is 15.2 Å². The maximum atomic E-state index is 11.6. The molecule has 2 N–H and O–H groups in total. The summed E-state index contributed by atoms with van der Waals surface area (Å²) < 4.78 is 5.12. The van der Waals surface area contributed by atoms with Crippen LogP contribution in [-0.2, 0) is 11.2 Å². The highest BCUT2D eigenvalue weighted by Crippen LogP contribution is 2.34. The molecule has 1 saturated heterocycles. The Morgan fingerprint density at radius 1 is 1.32 bits per heavy atom. The Hall–Kier alpha value is -1.55. The summed E-state index contributed by atoms with van der Waals surface area (Å²) in [5.74, 6) is 0.182. The topological polar surface area (TPSA) is 58.6 Å². The molecule has 19 heavy (non-hydrogen) atoms. The Bertz CT molecular complexity index is 422. The number of aliphatic carboxylic acids is 1. The van der Waals surface area contributed by atoms with Crippen molar-refractivity contribution in [3.8, 4) is 5.75 Å². The first-order valence-electron chi connectivity index (χ1n) is 6.73. The maximum Gasteiger partial charge on any atom is 0.309 e. The number of methoxy groups -OCH3 is 1. The van der Waals surface area contributed by atoms with E-state index in [-0.39, 0.29) is 0 Å². The van der Waals surface area contributed by atoms with Gasteiger partial charge in [0, 0.05) is 0 Å². The number of carboxylic acid groups (broad SMARTS) is 1. The Kier molecular flexibility index (Phi) is 4.43.